The van der Waals surface area contributed by atoms with Crippen molar-refractivity contribution < 1.29 is 13.6 Å². The highest BCUT2D eigenvalue weighted by Crippen LogP contribution is 2.37. The fourth-order valence-electron chi connectivity index (χ4n) is 3.23. The molecule has 1 saturated carbocycles. The second-order valence-corrected chi connectivity index (χ2v) is 6.51. The minimum Gasteiger partial charge on any atom is -0.338 e. The summed E-state index contributed by atoms with van der Waals surface area (Å²) in [6.45, 7) is 5.73. The molecule has 0 radical (unpaired) electrons. The Hall–Kier alpha value is -0.710. The molecular formula is C15H26F2N2O. The summed E-state index contributed by atoms with van der Waals surface area (Å²) in [6.07, 6.45) is 2.62. The molecule has 1 saturated heterocycles. The predicted molar refractivity (Wildman–Crippen MR) is 74.8 cm³/mol. The predicted octanol–water partition coefficient (Wildman–Crippen LogP) is 2.80. The van der Waals surface area contributed by atoms with Crippen molar-refractivity contribution in [1.29, 1.82) is 0 Å². The van der Waals surface area contributed by atoms with Crippen LogP contribution in [0.4, 0.5) is 8.78 Å². The molecule has 1 unspecified atom stereocenters. The second kappa shape index (κ2) is 6.37. The van der Waals surface area contributed by atoms with Crippen molar-refractivity contribution in [2.75, 3.05) is 13.1 Å². The zero-order valence-corrected chi connectivity index (χ0v) is 12.5. The van der Waals surface area contributed by atoms with Gasteiger partial charge in [0.1, 0.15) is 0 Å². The van der Waals surface area contributed by atoms with Crippen molar-refractivity contribution in [3.05, 3.63) is 0 Å². The van der Waals surface area contributed by atoms with E-state index < -0.39 is 5.92 Å². The van der Waals surface area contributed by atoms with Gasteiger partial charge in [0.05, 0.1) is 0 Å². The van der Waals surface area contributed by atoms with Gasteiger partial charge in [-0.25, -0.2) is 8.78 Å². The maximum absolute atomic E-state index is 13.2. The molecule has 1 amide bonds. The zero-order valence-electron chi connectivity index (χ0n) is 12.5. The standard InChI is InChI=1S/C15H26F2N2O/c1-11(2)19(10-13-4-3-9-18-13)14(20)12-5-7-15(16,17)8-6-12/h11-13,18H,3-10H2,1-2H3. The van der Waals surface area contributed by atoms with Crippen LogP contribution >= 0.6 is 0 Å². The molecule has 2 fully saturated rings. The topological polar surface area (TPSA) is 32.3 Å². The van der Waals surface area contributed by atoms with E-state index in [1.165, 1.54) is 0 Å². The fourth-order valence-corrected chi connectivity index (χ4v) is 3.23. The largest absolute Gasteiger partial charge is 0.338 e. The number of halogens is 2. The van der Waals surface area contributed by atoms with Crippen molar-refractivity contribution in [3.63, 3.8) is 0 Å². The first-order chi connectivity index (χ1) is 9.39. The van der Waals surface area contributed by atoms with Gasteiger partial charge in [-0.3, -0.25) is 4.79 Å². The zero-order chi connectivity index (χ0) is 14.8. The maximum Gasteiger partial charge on any atom is 0.248 e. The van der Waals surface area contributed by atoms with Crippen LogP contribution in [0.5, 0.6) is 0 Å². The average molecular weight is 288 g/mol. The molecule has 1 aliphatic carbocycles. The van der Waals surface area contributed by atoms with E-state index in [2.05, 4.69) is 5.32 Å². The highest BCUT2D eigenvalue weighted by Gasteiger charge is 2.39. The quantitative estimate of drug-likeness (QED) is 0.862. The normalized spacial score (nSPS) is 26.9. The van der Waals surface area contributed by atoms with E-state index in [1.807, 2.05) is 18.7 Å². The number of carbonyl (C=O) groups is 1. The molecule has 3 nitrogen and oxygen atoms in total. The summed E-state index contributed by atoms with van der Waals surface area (Å²) in [7, 11) is 0. The number of nitrogens with zero attached hydrogens (tertiary/aromatic N) is 1. The Morgan fingerprint density at radius 2 is 1.95 bits per heavy atom. The van der Waals surface area contributed by atoms with Crippen LogP contribution < -0.4 is 5.32 Å². The molecule has 1 heterocycles. The summed E-state index contributed by atoms with van der Waals surface area (Å²) in [5, 5.41) is 3.40. The molecule has 0 aromatic rings. The number of hydrogen-bond donors (Lipinski definition) is 1. The number of carbonyl (C=O) groups excluding carboxylic acids is 1. The van der Waals surface area contributed by atoms with Gasteiger partial charge in [0.2, 0.25) is 11.8 Å². The minimum absolute atomic E-state index is 0.0733. The molecule has 2 aliphatic rings. The van der Waals surface area contributed by atoms with E-state index in [0.717, 1.165) is 19.4 Å². The van der Waals surface area contributed by atoms with Crippen LogP contribution in [0.25, 0.3) is 0 Å². The monoisotopic (exact) mass is 288 g/mol. The van der Waals surface area contributed by atoms with Crippen molar-refractivity contribution in [1.82, 2.24) is 10.2 Å². The minimum atomic E-state index is -2.56. The van der Waals surface area contributed by atoms with Crippen molar-refractivity contribution >= 4 is 5.91 Å². The van der Waals surface area contributed by atoms with E-state index in [4.69, 9.17) is 0 Å². The van der Waals surface area contributed by atoms with Crippen LogP contribution in [0.15, 0.2) is 0 Å². The lowest BCUT2D eigenvalue weighted by molar-refractivity contribution is -0.141. The van der Waals surface area contributed by atoms with E-state index >= 15 is 0 Å². The number of rotatable bonds is 4. The molecule has 20 heavy (non-hydrogen) atoms. The lowest BCUT2D eigenvalue weighted by Gasteiger charge is -2.35. The van der Waals surface area contributed by atoms with Crippen LogP contribution in [0.1, 0.15) is 52.4 Å². The molecule has 5 heteroatoms. The van der Waals surface area contributed by atoms with Gasteiger partial charge >= 0.3 is 0 Å². The smallest absolute Gasteiger partial charge is 0.248 e. The van der Waals surface area contributed by atoms with Gasteiger partial charge in [0.25, 0.3) is 0 Å². The van der Waals surface area contributed by atoms with Gasteiger partial charge < -0.3 is 10.2 Å². The third-order valence-electron chi connectivity index (χ3n) is 4.55. The van der Waals surface area contributed by atoms with Crippen LogP contribution in [-0.4, -0.2) is 41.9 Å². The van der Waals surface area contributed by atoms with Gasteiger partial charge in [-0.2, -0.15) is 0 Å². The highest BCUT2D eigenvalue weighted by atomic mass is 19.3. The fraction of sp³-hybridized carbons (Fsp3) is 0.933. The summed E-state index contributed by atoms with van der Waals surface area (Å²) in [6, 6.07) is 0.499. The van der Waals surface area contributed by atoms with Gasteiger partial charge in [-0.1, -0.05) is 0 Å². The Morgan fingerprint density at radius 3 is 2.45 bits per heavy atom. The van der Waals surface area contributed by atoms with Gasteiger partial charge in [0, 0.05) is 37.4 Å². The van der Waals surface area contributed by atoms with Crippen molar-refractivity contribution in [2.45, 2.75) is 70.4 Å². The third-order valence-corrected chi connectivity index (χ3v) is 4.55. The van der Waals surface area contributed by atoms with E-state index in [0.29, 0.717) is 25.4 Å². The van der Waals surface area contributed by atoms with Gasteiger partial charge in [0.15, 0.2) is 0 Å². The van der Waals surface area contributed by atoms with Crippen LogP contribution in [0, 0.1) is 5.92 Å². The number of hydrogen-bond acceptors (Lipinski definition) is 2. The molecule has 0 bridgehead atoms. The third kappa shape index (κ3) is 3.90. The first-order valence-corrected chi connectivity index (χ1v) is 7.81. The Balaban J connectivity index is 1.93. The summed E-state index contributed by atoms with van der Waals surface area (Å²) in [5.41, 5.74) is 0. The van der Waals surface area contributed by atoms with Crippen molar-refractivity contribution in [3.8, 4) is 0 Å². The first kappa shape index (κ1) is 15.7. The molecule has 1 aliphatic heterocycles. The Kier molecular flexibility index (Phi) is 4.99. The molecule has 0 spiro atoms. The SMILES string of the molecule is CC(C)N(CC1CCCN1)C(=O)C1CCC(F)(F)CC1. The molecule has 1 atom stereocenters. The lowest BCUT2D eigenvalue weighted by atomic mass is 9.85. The maximum atomic E-state index is 13.2. The molecule has 2 rings (SSSR count). The second-order valence-electron chi connectivity index (χ2n) is 6.51. The molecule has 0 aromatic heterocycles. The summed E-state index contributed by atoms with van der Waals surface area (Å²) >= 11 is 0. The number of alkyl halides is 2. The number of amides is 1. The summed E-state index contributed by atoms with van der Waals surface area (Å²) < 4.78 is 26.4. The highest BCUT2D eigenvalue weighted by molar-refractivity contribution is 5.79. The van der Waals surface area contributed by atoms with E-state index in [-0.39, 0.29) is 30.7 Å². The number of nitrogens with one attached hydrogen (secondary N) is 1. The lowest BCUT2D eigenvalue weighted by Crippen LogP contribution is -2.48. The summed E-state index contributed by atoms with van der Waals surface area (Å²) in [5.74, 6) is -2.70. The molecular weight excluding hydrogens is 262 g/mol. The van der Waals surface area contributed by atoms with Crippen molar-refractivity contribution in [2.24, 2.45) is 5.92 Å². The van der Waals surface area contributed by atoms with Crippen LogP contribution in [0.2, 0.25) is 0 Å². The summed E-state index contributed by atoms with van der Waals surface area (Å²) in [4.78, 5) is 14.5. The average Bonchev–Trinajstić information content (AvgIpc) is 2.87. The van der Waals surface area contributed by atoms with Crippen LogP contribution in [0.3, 0.4) is 0 Å². The van der Waals surface area contributed by atoms with Gasteiger partial charge in [-0.05, 0) is 46.1 Å². The van der Waals surface area contributed by atoms with Gasteiger partial charge in [-0.15, -0.1) is 0 Å². The van der Waals surface area contributed by atoms with E-state index in [9.17, 15) is 13.6 Å². The molecule has 116 valence electrons. The Morgan fingerprint density at radius 1 is 1.30 bits per heavy atom. The Labute approximate surface area is 120 Å². The van der Waals surface area contributed by atoms with Crippen LogP contribution in [-0.2, 0) is 4.79 Å². The molecule has 1 N–H and O–H groups in total. The first-order valence-electron chi connectivity index (χ1n) is 7.81. The Bertz CT molecular complexity index is 331. The van der Waals surface area contributed by atoms with E-state index in [1.54, 1.807) is 0 Å². The molecule has 0 aromatic carbocycles.